The maximum Gasteiger partial charge on any atom is 0.0992 e. The summed E-state index contributed by atoms with van der Waals surface area (Å²) >= 11 is 3.24. The van der Waals surface area contributed by atoms with Gasteiger partial charge in [-0.3, -0.25) is 0 Å². The molecule has 1 heterocycles. The molecule has 0 aliphatic rings. The van der Waals surface area contributed by atoms with Gasteiger partial charge in [0.25, 0.3) is 0 Å². The molecule has 1 aromatic heterocycles. The highest BCUT2D eigenvalue weighted by atomic mass is 32.2. The lowest BCUT2D eigenvalue weighted by Crippen LogP contribution is -1.94. The van der Waals surface area contributed by atoms with Crippen LogP contribution in [-0.2, 0) is 0 Å². The van der Waals surface area contributed by atoms with Gasteiger partial charge in [-0.05, 0) is 36.1 Å². The minimum atomic E-state index is -0.523. The Morgan fingerprint density at radius 1 is 1.41 bits per heavy atom. The molecule has 0 bridgehead atoms. The van der Waals surface area contributed by atoms with Gasteiger partial charge in [-0.15, -0.1) is 11.3 Å². The summed E-state index contributed by atoms with van der Waals surface area (Å²) in [4.78, 5) is 0.946. The van der Waals surface area contributed by atoms with Crippen molar-refractivity contribution in [3.05, 3.63) is 46.8 Å². The van der Waals surface area contributed by atoms with Crippen LogP contribution in [0.25, 0.3) is 0 Å². The van der Waals surface area contributed by atoms with Gasteiger partial charge >= 0.3 is 0 Å². The molecule has 2 nitrogen and oxygen atoms in total. The zero-order valence-electron chi connectivity index (χ0n) is 9.25. The van der Waals surface area contributed by atoms with E-state index in [1.54, 1.807) is 36.1 Å². The Balaban J connectivity index is 2.39. The van der Waals surface area contributed by atoms with Crippen LogP contribution in [0.2, 0.25) is 0 Å². The molecule has 1 atom stereocenters. The van der Waals surface area contributed by atoms with E-state index in [4.69, 9.17) is 5.26 Å². The second kappa shape index (κ2) is 5.37. The van der Waals surface area contributed by atoms with E-state index < -0.39 is 6.10 Å². The Hall–Kier alpha value is -1.28. The Bertz CT molecular complexity index is 541. The van der Waals surface area contributed by atoms with Crippen LogP contribution in [0.5, 0.6) is 0 Å². The van der Waals surface area contributed by atoms with Crippen molar-refractivity contribution in [2.45, 2.75) is 22.1 Å². The summed E-state index contributed by atoms with van der Waals surface area (Å²) in [7, 11) is 0. The quantitative estimate of drug-likeness (QED) is 0.913. The van der Waals surface area contributed by atoms with Crippen molar-refractivity contribution in [3.8, 4) is 6.07 Å². The number of aliphatic hydroxyl groups excluding tert-OH is 1. The van der Waals surface area contributed by atoms with E-state index in [0.717, 1.165) is 14.7 Å². The number of benzene rings is 1. The first-order chi connectivity index (χ1) is 8.20. The van der Waals surface area contributed by atoms with Crippen LogP contribution in [-0.4, -0.2) is 5.11 Å². The van der Waals surface area contributed by atoms with E-state index in [1.165, 1.54) is 0 Å². The van der Waals surface area contributed by atoms with Gasteiger partial charge in [-0.25, -0.2) is 0 Å². The van der Waals surface area contributed by atoms with Crippen LogP contribution in [0.4, 0.5) is 0 Å². The number of thiophene rings is 1. The third kappa shape index (κ3) is 2.89. The molecule has 4 heteroatoms. The first-order valence-corrected chi connectivity index (χ1v) is 6.84. The van der Waals surface area contributed by atoms with E-state index in [2.05, 4.69) is 6.07 Å². The molecule has 0 fully saturated rings. The van der Waals surface area contributed by atoms with E-state index in [9.17, 15) is 5.11 Å². The molecule has 1 N–H and O–H groups in total. The Morgan fingerprint density at radius 2 is 2.24 bits per heavy atom. The molecular formula is C13H11NOS2. The Labute approximate surface area is 109 Å². The lowest BCUT2D eigenvalue weighted by atomic mass is 10.1. The highest BCUT2D eigenvalue weighted by Crippen LogP contribution is 2.36. The molecule has 0 radical (unpaired) electrons. The fraction of sp³-hybridized carbons (Fsp3) is 0.154. The van der Waals surface area contributed by atoms with Gasteiger partial charge in [0.1, 0.15) is 0 Å². The Morgan fingerprint density at radius 3 is 2.82 bits per heavy atom. The summed E-state index contributed by atoms with van der Waals surface area (Å²) in [6.45, 7) is 1.74. The van der Waals surface area contributed by atoms with Crippen molar-refractivity contribution in [2.75, 3.05) is 0 Å². The predicted octanol–water partition coefficient (Wildman–Crippen LogP) is 3.82. The van der Waals surface area contributed by atoms with Gasteiger partial charge in [-0.1, -0.05) is 23.9 Å². The smallest absolute Gasteiger partial charge is 0.0992 e. The minimum Gasteiger partial charge on any atom is -0.389 e. The van der Waals surface area contributed by atoms with Gasteiger partial charge in [0, 0.05) is 4.90 Å². The number of hydrogen-bond acceptors (Lipinski definition) is 4. The Kier molecular flexibility index (Phi) is 3.85. The molecule has 2 rings (SSSR count). The van der Waals surface area contributed by atoms with Crippen LogP contribution in [0, 0.1) is 11.3 Å². The molecule has 0 unspecified atom stereocenters. The lowest BCUT2D eigenvalue weighted by molar-refractivity contribution is 0.196. The van der Waals surface area contributed by atoms with Gasteiger partial charge in [0.2, 0.25) is 0 Å². The van der Waals surface area contributed by atoms with Crippen molar-refractivity contribution >= 4 is 23.1 Å². The average Bonchev–Trinajstić information content (AvgIpc) is 2.81. The van der Waals surface area contributed by atoms with E-state index in [-0.39, 0.29) is 0 Å². The molecule has 2 aromatic rings. The van der Waals surface area contributed by atoms with Crippen molar-refractivity contribution in [1.82, 2.24) is 0 Å². The summed E-state index contributed by atoms with van der Waals surface area (Å²) in [5, 5.41) is 20.6. The van der Waals surface area contributed by atoms with Crippen LogP contribution in [0.3, 0.4) is 0 Å². The van der Waals surface area contributed by atoms with Crippen molar-refractivity contribution in [1.29, 1.82) is 5.26 Å². The zero-order chi connectivity index (χ0) is 12.3. The van der Waals surface area contributed by atoms with Crippen molar-refractivity contribution in [3.63, 3.8) is 0 Å². The second-order valence-corrected chi connectivity index (χ2v) is 5.86. The molecule has 0 spiro atoms. The molecule has 0 saturated heterocycles. The summed E-state index contributed by atoms with van der Waals surface area (Å²) in [5.41, 5.74) is 1.48. The third-order valence-electron chi connectivity index (χ3n) is 2.30. The van der Waals surface area contributed by atoms with E-state index in [1.807, 2.05) is 29.6 Å². The molecular weight excluding hydrogens is 250 g/mol. The number of aliphatic hydroxyl groups is 1. The van der Waals surface area contributed by atoms with Crippen LogP contribution in [0.15, 0.2) is 44.8 Å². The van der Waals surface area contributed by atoms with E-state index >= 15 is 0 Å². The first-order valence-electron chi connectivity index (χ1n) is 5.14. The minimum absolute atomic E-state index is 0.523. The van der Waals surface area contributed by atoms with Crippen LogP contribution < -0.4 is 0 Å². The SMILES string of the molecule is C[C@H](O)c1ccc(C#N)cc1Sc1cccs1. The topological polar surface area (TPSA) is 44.0 Å². The fourth-order valence-electron chi connectivity index (χ4n) is 1.47. The maximum absolute atomic E-state index is 9.70. The normalized spacial score (nSPS) is 12.1. The van der Waals surface area contributed by atoms with Gasteiger partial charge < -0.3 is 5.11 Å². The fourth-order valence-corrected chi connectivity index (χ4v) is 3.45. The molecule has 1 aromatic carbocycles. The van der Waals surface area contributed by atoms with Gasteiger partial charge in [-0.2, -0.15) is 5.26 Å². The predicted molar refractivity (Wildman–Crippen MR) is 70.2 cm³/mol. The van der Waals surface area contributed by atoms with Gasteiger partial charge in [0.05, 0.1) is 21.9 Å². The largest absolute Gasteiger partial charge is 0.389 e. The monoisotopic (exact) mass is 261 g/mol. The number of nitrogens with zero attached hydrogens (tertiary/aromatic N) is 1. The summed E-state index contributed by atoms with van der Waals surface area (Å²) in [6.07, 6.45) is -0.523. The second-order valence-electron chi connectivity index (χ2n) is 3.57. The summed E-state index contributed by atoms with van der Waals surface area (Å²) in [5.74, 6) is 0. The van der Waals surface area contributed by atoms with Crippen molar-refractivity contribution < 1.29 is 5.11 Å². The molecule has 0 aliphatic heterocycles. The maximum atomic E-state index is 9.70. The summed E-state index contributed by atoms with van der Waals surface area (Å²) in [6, 6.07) is 11.5. The highest BCUT2D eigenvalue weighted by Gasteiger charge is 2.10. The van der Waals surface area contributed by atoms with Crippen molar-refractivity contribution in [2.24, 2.45) is 0 Å². The number of nitriles is 1. The molecule has 86 valence electrons. The lowest BCUT2D eigenvalue weighted by Gasteiger charge is -2.10. The average molecular weight is 261 g/mol. The van der Waals surface area contributed by atoms with E-state index in [0.29, 0.717) is 5.56 Å². The van der Waals surface area contributed by atoms with Crippen LogP contribution >= 0.6 is 23.1 Å². The first kappa shape index (κ1) is 12.2. The summed E-state index contributed by atoms with van der Waals surface area (Å²) < 4.78 is 1.15. The molecule has 17 heavy (non-hydrogen) atoms. The van der Waals surface area contributed by atoms with Crippen LogP contribution in [0.1, 0.15) is 24.2 Å². The standard InChI is InChI=1S/C13H11NOS2/c1-9(15)11-5-4-10(8-14)7-12(11)17-13-3-2-6-16-13/h2-7,9,15H,1H3/t9-/m0/s1. The number of hydrogen-bond donors (Lipinski definition) is 1. The van der Waals surface area contributed by atoms with Gasteiger partial charge in [0.15, 0.2) is 0 Å². The number of rotatable bonds is 3. The molecule has 0 saturated carbocycles. The third-order valence-corrected chi connectivity index (χ3v) is 4.41. The zero-order valence-corrected chi connectivity index (χ0v) is 10.9. The molecule has 0 amide bonds. The highest BCUT2D eigenvalue weighted by molar-refractivity contribution is 8.01. The molecule has 0 aliphatic carbocycles.